The Morgan fingerprint density at radius 3 is 2.30 bits per heavy atom. The third-order valence-electron chi connectivity index (χ3n) is 4.95. The number of fused-ring (bicyclic) bond motifs is 1. The summed E-state index contributed by atoms with van der Waals surface area (Å²) >= 11 is 0. The normalized spacial score (nSPS) is 26.7. The van der Waals surface area contributed by atoms with Crippen LogP contribution in [-0.4, -0.2) is 37.0 Å². The summed E-state index contributed by atoms with van der Waals surface area (Å²) in [5.74, 6) is 1.85. The molecule has 3 atom stereocenters. The van der Waals surface area contributed by atoms with Crippen LogP contribution in [0.2, 0.25) is 0 Å². The van der Waals surface area contributed by atoms with Gasteiger partial charge in [0.1, 0.15) is 0 Å². The van der Waals surface area contributed by atoms with Crippen LogP contribution >= 0.6 is 0 Å². The lowest BCUT2D eigenvalue weighted by molar-refractivity contribution is -0.134. The molecule has 1 aromatic carbocycles. The third-order valence-corrected chi connectivity index (χ3v) is 4.95. The minimum atomic E-state index is 0.180. The second kappa shape index (κ2) is 5.47. The Kier molecular flexibility index (Phi) is 3.68. The summed E-state index contributed by atoms with van der Waals surface area (Å²) in [7, 11) is 0. The van der Waals surface area contributed by atoms with E-state index in [-0.39, 0.29) is 5.92 Å². The van der Waals surface area contributed by atoms with Gasteiger partial charge in [0.15, 0.2) is 0 Å². The van der Waals surface area contributed by atoms with Gasteiger partial charge in [-0.25, -0.2) is 0 Å². The highest BCUT2D eigenvalue weighted by atomic mass is 16.2. The molecule has 1 aromatic rings. The molecule has 0 spiro atoms. The van der Waals surface area contributed by atoms with E-state index in [2.05, 4.69) is 47.1 Å². The zero-order valence-corrected chi connectivity index (χ0v) is 12.5. The molecular weight excluding hydrogens is 248 g/mol. The van der Waals surface area contributed by atoms with Gasteiger partial charge in [-0.3, -0.25) is 4.79 Å². The average Bonchev–Trinajstić information content (AvgIpc) is 3.05. The zero-order chi connectivity index (χ0) is 14.1. The largest absolute Gasteiger partial charge is 0.371 e. The predicted octanol–water partition coefficient (Wildman–Crippen LogP) is 2.63. The molecule has 2 aliphatic heterocycles. The summed E-state index contributed by atoms with van der Waals surface area (Å²) in [5.41, 5.74) is 1.32. The molecule has 3 nitrogen and oxygen atoms in total. The van der Waals surface area contributed by atoms with Gasteiger partial charge < -0.3 is 9.80 Å². The molecule has 3 rings (SSSR count). The molecule has 2 saturated heterocycles. The number of carbonyl (C=O) groups is 1. The first-order valence-electron chi connectivity index (χ1n) is 7.77. The van der Waals surface area contributed by atoms with Gasteiger partial charge in [-0.1, -0.05) is 32.0 Å². The van der Waals surface area contributed by atoms with Crippen LogP contribution < -0.4 is 4.90 Å². The number of rotatable bonds is 3. The fourth-order valence-corrected chi connectivity index (χ4v) is 3.51. The van der Waals surface area contributed by atoms with Crippen molar-refractivity contribution in [1.29, 1.82) is 0 Å². The first-order valence-corrected chi connectivity index (χ1v) is 7.77. The van der Waals surface area contributed by atoms with Crippen LogP contribution in [-0.2, 0) is 4.79 Å². The van der Waals surface area contributed by atoms with Gasteiger partial charge >= 0.3 is 0 Å². The fourth-order valence-electron chi connectivity index (χ4n) is 3.51. The van der Waals surface area contributed by atoms with Crippen LogP contribution in [0.1, 0.15) is 20.3 Å². The quantitative estimate of drug-likeness (QED) is 0.844. The zero-order valence-electron chi connectivity index (χ0n) is 12.5. The highest BCUT2D eigenvalue weighted by molar-refractivity contribution is 5.78. The molecule has 2 aliphatic rings. The van der Waals surface area contributed by atoms with Crippen molar-refractivity contribution in [3.8, 4) is 0 Å². The topological polar surface area (TPSA) is 23.6 Å². The SMILES string of the molecule is CCC(C)C(=O)N1CC2CN(c3ccccc3)CC2C1. The Morgan fingerprint density at radius 2 is 1.75 bits per heavy atom. The van der Waals surface area contributed by atoms with E-state index in [9.17, 15) is 4.79 Å². The van der Waals surface area contributed by atoms with Crippen LogP contribution in [0, 0.1) is 17.8 Å². The van der Waals surface area contributed by atoms with E-state index in [4.69, 9.17) is 0 Å². The average molecular weight is 272 g/mol. The summed E-state index contributed by atoms with van der Waals surface area (Å²) in [6, 6.07) is 10.6. The molecule has 0 bridgehead atoms. The van der Waals surface area contributed by atoms with Gasteiger partial charge in [0.05, 0.1) is 0 Å². The van der Waals surface area contributed by atoms with Gasteiger partial charge in [0, 0.05) is 49.6 Å². The number of hydrogen-bond acceptors (Lipinski definition) is 2. The van der Waals surface area contributed by atoms with Gasteiger partial charge in [-0.15, -0.1) is 0 Å². The second-order valence-corrected chi connectivity index (χ2v) is 6.31. The number of carbonyl (C=O) groups excluding carboxylic acids is 1. The maximum atomic E-state index is 12.3. The molecular formula is C17H24N2O. The lowest BCUT2D eigenvalue weighted by atomic mass is 10.0. The standard InChI is InChI=1S/C17H24N2O/c1-3-13(2)17(20)19-11-14-9-18(10-15(14)12-19)16-7-5-4-6-8-16/h4-8,13-15H,3,9-12H2,1-2H3. The number of likely N-dealkylation sites (tertiary alicyclic amines) is 1. The molecule has 0 aromatic heterocycles. The first kappa shape index (κ1) is 13.5. The van der Waals surface area contributed by atoms with Gasteiger partial charge in [0.2, 0.25) is 5.91 Å². The van der Waals surface area contributed by atoms with Crippen molar-refractivity contribution in [3.05, 3.63) is 30.3 Å². The van der Waals surface area contributed by atoms with E-state index in [0.717, 1.165) is 32.6 Å². The Morgan fingerprint density at radius 1 is 1.15 bits per heavy atom. The van der Waals surface area contributed by atoms with Crippen molar-refractivity contribution < 1.29 is 4.79 Å². The molecule has 3 unspecified atom stereocenters. The van der Waals surface area contributed by atoms with Crippen LogP contribution in [0.4, 0.5) is 5.69 Å². The maximum Gasteiger partial charge on any atom is 0.225 e. The number of para-hydroxylation sites is 1. The Hall–Kier alpha value is -1.51. The van der Waals surface area contributed by atoms with Crippen LogP contribution in [0.25, 0.3) is 0 Å². The van der Waals surface area contributed by atoms with E-state index in [1.165, 1.54) is 5.69 Å². The van der Waals surface area contributed by atoms with E-state index >= 15 is 0 Å². The lowest BCUT2D eigenvalue weighted by Crippen LogP contribution is -2.36. The van der Waals surface area contributed by atoms with Crippen molar-refractivity contribution in [2.75, 3.05) is 31.1 Å². The monoisotopic (exact) mass is 272 g/mol. The van der Waals surface area contributed by atoms with Crippen molar-refractivity contribution >= 4 is 11.6 Å². The van der Waals surface area contributed by atoms with Crippen molar-refractivity contribution in [2.24, 2.45) is 17.8 Å². The minimum absolute atomic E-state index is 0.180. The van der Waals surface area contributed by atoms with E-state index in [1.807, 2.05) is 6.92 Å². The summed E-state index contributed by atoms with van der Waals surface area (Å²) in [6.07, 6.45) is 0.945. The smallest absolute Gasteiger partial charge is 0.225 e. The molecule has 0 saturated carbocycles. The molecule has 0 radical (unpaired) electrons. The van der Waals surface area contributed by atoms with E-state index in [0.29, 0.717) is 17.7 Å². The number of nitrogens with zero attached hydrogens (tertiary/aromatic N) is 2. The molecule has 20 heavy (non-hydrogen) atoms. The summed E-state index contributed by atoms with van der Waals surface area (Å²) < 4.78 is 0. The number of hydrogen-bond donors (Lipinski definition) is 0. The summed E-state index contributed by atoms with van der Waals surface area (Å²) in [4.78, 5) is 16.8. The number of amides is 1. The van der Waals surface area contributed by atoms with Gasteiger partial charge in [-0.2, -0.15) is 0 Å². The number of benzene rings is 1. The Labute approximate surface area is 121 Å². The van der Waals surface area contributed by atoms with E-state index < -0.39 is 0 Å². The predicted molar refractivity (Wildman–Crippen MR) is 81.7 cm³/mol. The molecule has 0 aliphatic carbocycles. The highest BCUT2D eigenvalue weighted by Crippen LogP contribution is 2.34. The maximum absolute atomic E-state index is 12.3. The van der Waals surface area contributed by atoms with Crippen LogP contribution in [0.5, 0.6) is 0 Å². The minimum Gasteiger partial charge on any atom is -0.371 e. The Bertz CT molecular complexity index is 459. The molecule has 0 N–H and O–H groups in total. The molecule has 1 amide bonds. The van der Waals surface area contributed by atoms with Crippen LogP contribution in [0.15, 0.2) is 30.3 Å². The summed E-state index contributed by atoms with van der Waals surface area (Å²) in [6.45, 7) is 8.25. The molecule has 108 valence electrons. The van der Waals surface area contributed by atoms with Crippen LogP contribution in [0.3, 0.4) is 0 Å². The summed E-state index contributed by atoms with van der Waals surface area (Å²) in [5, 5.41) is 0. The van der Waals surface area contributed by atoms with Crippen molar-refractivity contribution in [3.63, 3.8) is 0 Å². The van der Waals surface area contributed by atoms with Gasteiger partial charge in [0.25, 0.3) is 0 Å². The molecule has 3 heteroatoms. The van der Waals surface area contributed by atoms with E-state index in [1.54, 1.807) is 0 Å². The molecule has 2 fully saturated rings. The first-order chi connectivity index (χ1) is 9.69. The second-order valence-electron chi connectivity index (χ2n) is 6.31. The van der Waals surface area contributed by atoms with Crippen molar-refractivity contribution in [2.45, 2.75) is 20.3 Å². The third kappa shape index (κ3) is 2.41. The molecule has 2 heterocycles. The lowest BCUT2D eigenvalue weighted by Gasteiger charge is -2.24. The fraction of sp³-hybridized carbons (Fsp3) is 0.588. The highest BCUT2D eigenvalue weighted by Gasteiger charge is 2.42. The van der Waals surface area contributed by atoms with Gasteiger partial charge in [-0.05, 0) is 18.6 Å². The number of anilines is 1. The van der Waals surface area contributed by atoms with Crippen molar-refractivity contribution in [1.82, 2.24) is 4.90 Å². The Balaban J connectivity index is 1.61.